The Labute approximate surface area is 138 Å². The molecule has 6 heteroatoms. The summed E-state index contributed by atoms with van der Waals surface area (Å²) >= 11 is 0. The Kier molecular flexibility index (Phi) is 4.65. The van der Waals surface area contributed by atoms with Gasteiger partial charge < -0.3 is 9.32 Å². The molecule has 24 heavy (non-hydrogen) atoms. The molecule has 1 heterocycles. The zero-order valence-electron chi connectivity index (χ0n) is 13.1. The van der Waals surface area contributed by atoms with E-state index in [1.54, 1.807) is 4.90 Å². The highest BCUT2D eigenvalue weighted by Crippen LogP contribution is 2.19. The van der Waals surface area contributed by atoms with Gasteiger partial charge in [-0.2, -0.15) is 0 Å². The smallest absolute Gasteiger partial charge is 0.311 e. The first kappa shape index (κ1) is 15.9. The van der Waals surface area contributed by atoms with Crippen molar-refractivity contribution in [3.05, 3.63) is 71.9 Å². The van der Waals surface area contributed by atoms with E-state index in [1.165, 1.54) is 24.3 Å². The summed E-state index contributed by atoms with van der Waals surface area (Å²) in [5.74, 6) is -0.571. The summed E-state index contributed by atoms with van der Waals surface area (Å²) < 4.78 is 18.4. The first-order chi connectivity index (χ1) is 11.7. The minimum Gasteiger partial charge on any atom is -0.412 e. The standard InChI is InChI=1S/C18H16FN3O2/c1-2-22(12-13-6-4-3-5-7-13)18(23)17-21-20-16(24-17)14-8-10-15(19)11-9-14/h3-11H,2,12H2,1H3. The van der Waals surface area contributed by atoms with Crippen molar-refractivity contribution < 1.29 is 13.6 Å². The van der Waals surface area contributed by atoms with Crippen LogP contribution in [0.25, 0.3) is 11.5 Å². The number of carbonyl (C=O) groups is 1. The quantitative estimate of drug-likeness (QED) is 0.720. The van der Waals surface area contributed by atoms with E-state index in [0.29, 0.717) is 18.7 Å². The van der Waals surface area contributed by atoms with E-state index in [9.17, 15) is 9.18 Å². The number of carbonyl (C=O) groups excluding carboxylic acids is 1. The Balaban J connectivity index is 1.77. The van der Waals surface area contributed by atoms with Crippen LogP contribution in [0.5, 0.6) is 0 Å². The molecule has 0 aliphatic carbocycles. The molecule has 3 aromatic rings. The molecule has 0 radical (unpaired) electrons. The van der Waals surface area contributed by atoms with E-state index in [0.717, 1.165) is 5.56 Å². The van der Waals surface area contributed by atoms with Gasteiger partial charge in [0, 0.05) is 18.7 Å². The average Bonchev–Trinajstić information content (AvgIpc) is 3.10. The SMILES string of the molecule is CCN(Cc1ccccc1)C(=O)c1nnc(-c2ccc(F)cc2)o1. The van der Waals surface area contributed by atoms with Gasteiger partial charge in [-0.3, -0.25) is 4.79 Å². The van der Waals surface area contributed by atoms with Gasteiger partial charge >= 0.3 is 11.8 Å². The number of amides is 1. The summed E-state index contributed by atoms with van der Waals surface area (Å²) in [6.07, 6.45) is 0. The molecule has 1 aromatic heterocycles. The third-order valence-corrected chi connectivity index (χ3v) is 3.58. The number of hydrogen-bond acceptors (Lipinski definition) is 4. The summed E-state index contributed by atoms with van der Waals surface area (Å²) in [6.45, 7) is 2.87. The molecule has 0 bridgehead atoms. The highest BCUT2D eigenvalue weighted by Gasteiger charge is 2.21. The van der Waals surface area contributed by atoms with Crippen LogP contribution >= 0.6 is 0 Å². The molecule has 3 rings (SSSR count). The lowest BCUT2D eigenvalue weighted by Crippen LogP contribution is -2.30. The Morgan fingerprint density at radius 1 is 1.08 bits per heavy atom. The predicted octanol–water partition coefficient (Wildman–Crippen LogP) is 3.54. The molecule has 0 aliphatic heterocycles. The first-order valence-electron chi connectivity index (χ1n) is 7.60. The molecular formula is C18H16FN3O2. The molecule has 0 atom stereocenters. The van der Waals surface area contributed by atoms with Crippen LogP contribution < -0.4 is 0 Å². The molecule has 0 saturated carbocycles. The second-order valence-corrected chi connectivity index (χ2v) is 5.22. The van der Waals surface area contributed by atoms with Gasteiger partial charge in [0.25, 0.3) is 0 Å². The fourth-order valence-electron chi connectivity index (χ4n) is 2.29. The van der Waals surface area contributed by atoms with Crippen molar-refractivity contribution in [2.45, 2.75) is 13.5 Å². The fourth-order valence-corrected chi connectivity index (χ4v) is 2.29. The van der Waals surface area contributed by atoms with Crippen LogP contribution in [0, 0.1) is 5.82 Å². The normalized spacial score (nSPS) is 10.6. The van der Waals surface area contributed by atoms with Crippen molar-refractivity contribution in [3.8, 4) is 11.5 Å². The van der Waals surface area contributed by atoms with E-state index in [1.807, 2.05) is 37.3 Å². The lowest BCUT2D eigenvalue weighted by Gasteiger charge is -2.18. The number of aromatic nitrogens is 2. The van der Waals surface area contributed by atoms with Gasteiger partial charge in [-0.25, -0.2) is 4.39 Å². The van der Waals surface area contributed by atoms with Crippen LogP contribution in [0.4, 0.5) is 4.39 Å². The maximum absolute atomic E-state index is 13.0. The summed E-state index contributed by atoms with van der Waals surface area (Å²) in [5.41, 5.74) is 1.58. The fraction of sp³-hybridized carbons (Fsp3) is 0.167. The van der Waals surface area contributed by atoms with Crippen LogP contribution in [0.3, 0.4) is 0 Å². The second kappa shape index (κ2) is 7.04. The van der Waals surface area contributed by atoms with Gasteiger partial charge in [-0.05, 0) is 36.8 Å². The lowest BCUT2D eigenvalue weighted by atomic mass is 10.2. The summed E-state index contributed by atoms with van der Waals surface area (Å²) in [5, 5.41) is 7.70. The predicted molar refractivity (Wildman–Crippen MR) is 86.5 cm³/mol. The molecule has 2 aromatic carbocycles. The molecule has 0 fully saturated rings. The zero-order chi connectivity index (χ0) is 16.9. The van der Waals surface area contributed by atoms with Crippen molar-refractivity contribution in [1.82, 2.24) is 15.1 Å². The monoisotopic (exact) mass is 325 g/mol. The Morgan fingerprint density at radius 2 is 1.79 bits per heavy atom. The second-order valence-electron chi connectivity index (χ2n) is 5.22. The highest BCUT2D eigenvalue weighted by atomic mass is 19.1. The number of nitrogens with zero attached hydrogens (tertiary/aromatic N) is 3. The molecule has 0 spiro atoms. The van der Waals surface area contributed by atoms with Crippen LogP contribution in [0.2, 0.25) is 0 Å². The summed E-state index contributed by atoms with van der Waals surface area (Å²) in [7, 11) is 0. The molecule has 0 aliphatic rings. The van der Waals surface area contributed by atoms with Gasteiger partial charge in [0.2, 0.25) is 5.89 Å². The molecular weight excluding hydrogens is 309 g/mol. The van der Waals surface area contributed by atoms with Gasteiger partial charge in [-0.1, -0.05) is 30.3 Å². The van der Waals surface area contributed by atoms with Gasteiger partial charge in [-0.15, -0.1) is 10.2 Å². The van der Waals surface area contributed by atoms with E-state index < -0.39 is 0 Å². The minimum absolute atomic E-state index is 0.0768. The Bertz CT molecular complexity index is 816. The Hall–Kier alpha value is -3.02. The topological polar surface area (TPSA) is 59.2 Å². The molecule has 0 unspecified atom stereocenters. The maximum Gasteiger partial charge on any atom is 0.311 e. The number of rotatable bonds is 5. The third kappa shape index (κ3) is 3.48. The first-order valence-corrected chi connectivity index (χ1v) is 7.60. The van der Waals surface area contributed by atoms with Crippen molar-refractivity contribution >= 4 is 5.91 Å². The van der Waals surface area contributed by atoms with Gasteiger partial charge in [0.05, 0.1) is 0 Å². The van der Waals surface area contributed by atoms with E-state index in [-0.39, 0.29) is 23.5 Å². The van der Waals surface area contributed by atoms with Crippen LogP contribution in [0.1, 0.15) is 23.2 Å². The van der Waals surface area contributed by atoms with Gasteiger partial charge in [0.15, 0.2) is 0 Å². The van der Waals surface area contributed by atoms with Crippen molar-refractivity contribution in [2.75, 3.05) is 6.54 Å². The molecule has 0 N–H and O–H groups in total. The van der Waals surface area contributed by atoms with E-state index in [2.05, 4.69) is 10.2 Å². The van der Waals surface area contributed by atoms with Crippen molar-refractivity contribution in [1.29, 1.82) is 0 Å². The molecule has 122 valence electrons. The van der Waals surface area contributed by atoms with Gasteiger partial charge in [0.1, 0.15) is 5.82 Å². The highest BCUT2D eigenvalue weighted by molar-refractivity contribution is 5.89. The average molecular weight is 325 g/mol. The number of benzene rings is 2. The zero-order valence-corrected chi connectivity index (χ0v) is 13.1. The number of halogens is 1. The van der Waals surface area contributed by atoms with Crippen LogP contribution in [-0.4, -0.2) is 27.5 Å². The van der Waals surface area contributed by atoms with E-state index in [4.69, 9.17) is 4.42 Å². The van der Waals surface area contributed by atoms with Crippen LogP contribution in [0.15, 0.2) is 59.0 Å². The molecule has 1 amide bonds. The molecule has 0 saturated heterocycles. The third-order valence-electron chi connectivity index (χ3n) is 3.58. The van der Waals surface area contributed by atoms with Crippen molar-refractivity contribution in [3.63, 3.8) is 0 Å². The lowest BCUT2D eigenvalue weighted by molar-refractivity contribution is 0.0713. The molecule has 5 nitrogen and oxygen atoms in total. The maximum atomic E-state index is 13.0. The summed E-state index contributed by atoms with van der Waals surface area (Å²) in [6, 6.07) is 15.3. The van der Waals surface area contributed by atoms with E-state index >= 15 is 0 Å². The van der Waals surface area contributed by atoms with Crippen LogP contribution in [-0.2, 0) is 6.54 Å². The minimum atomic E-state index is -0.352. The largest absolute Gasteiger partial charge is 0.412 e. The Morgan fingerprint density at radius 3 is 2.46 bits per heavy atom. The summed E-state index contributed by atoms with van der Waals surface area (Å²) in [4.78, 5) is 14.2. The van der Waals surface area contributed by atoms with Crippen molar-refractivity contribution in [2.24, 2.45) is 0 Å². The number of hydrogen-bond donors (Lipinski definition) is 0.